The molecule has 1 N–H and O–H groups in total. The Bertz CT molecular complexity index is 713. The van der Waals surface area contributed by atoms with Gasteiger partial charge in [0.1, 0.15) is 5.75 Å². The van der Waals surface area contributed by atoms with E-state index in [4.69, 9.17) is 9.47 Å². The number of amides is 1. The maximum absolute atomic E-state index is 11.9. The Balaban J connectivity index is 1.77. The van der Waals surface area contributed by atoms with Crippen LogP contribution in [0.4, 0.5) is 5.69 Å². The second-order valence-corrected chi connectivity index (χ2v) is 6.34. The zero-order chi connectivity index (χ0) is 18.2. The van der Waals surface area contributed by atoms with Crippen molar-refractivity contribution < 1.29 is 19.1 Å². The average molecular weight is 359 g/mol. The number of ether oxygens (including phenoxy) is 2. The van der Waals surface area contributed by atoms with Crippen LogP contribution in [0.5, 0.6) is 5.75 Å². The Morgan fingerprint density at radius 2 is 1.72 bits per heavy atom. The number of anilines is 1. The highest BCUT2D eigenvalue weighted by atomic mass is 32.2. The van der Waals surface area contributed by atoms with Crippen LogP contribution in [-0.4, -0.2) is 30.8 Å². The van der Waals surface area contributed by atoms with E-state index < -0.39 is 18.0 Å². The normalized spacial score (nSPS) is 11.5. The lowest BCUT2D eigenvalue weighted by atomic mass is 10.2. The molecule has 1 amide bonds. The van der Waals surface area contributed by atoms with Crippen molar-refractivity contribution in [2.45, 2.75) is 24.8 Å². The first-order valence-electron chi connectivity index (χ1n) is 7.82. The number of carbonyl (C=O) groups excluding carboxylic acids is 2. The standard InChI is InChI=1S/C19H21NO4S/c1-13-4-8-16(9-5-13)24-14(2)19(22)23-12-18(21)20-15-6-10-17(25-3)11-7-15/h4-11,14H,12H2,1-3H3,(H,20,21). The number of hydrogen-bond acceptors (Lipinski definition) is 5. The molecule has 1 unspecified atom stereocenters. The van der Waals surface area contributed by atoms with Crippen LogP contribution in [0.1, 0.15) is 12.5 Å². The molecule has 0 saturated heterocycles. The zero-order valence-corrected chi connectivity index (χ0v) is 15.3. The summed E-state index contributed by atoms with van der Waals surface area (Å²) in [5.74, 6) is -0.408. The third-order valence-electron chi connectivity index (χ3n) is 3.39. The molecule has 0 saturated carbocycles. The number of thioether (sulfide) groups is 1. The number of aryl methyl sites for hydroxylation is 1. The highest BCUT2D eigenvalue weighted by Crippen LogP contribution is 2.17. The van der Waals surface area contributed by atoms with E-state index in [2.05, 4.69) is 5.32 Å². The molecule has 5 nitrogen and oxygen atoms in total. The van der Waals surface area contributed by atoms with Gasteiger partial charge in [-0.15, -0.1) is 11.8 Å². The minimum Gasteiger partial charge on any atom is -0.479 e. The topological polar surface area (TPSA) is 64.6 Å². The molecule has 0 aliphatic heterocycles. The Morgan fingerprint density at radius 3 is 2.32 bits per heavy atom. The van der Waals surface area contributed by atoms with Gasteiger partial charge in [0.25, 0.3) is 5.91 Å². The third-order valence-corrected chi connectivity index (χ3v) is 4.13. The molecule has 0 heterocycles. The lowest BCUT2D eigenvalue weighted by Crippen LogP contribution is -2.29. The molecular formula is C19H21NO4S. The largest absolute Gasteiger partial charge is 0.479 e. The van der Waals surface area contributed by atoms with Crippen molar-refractivity contribution in [3.63, 3.8) is 0 Å². The Morgan fingerprint density at radius 1 is 1.08 bits per heavy atom. The summed E-state index contributed by atoms with van der Waals surface area (Å²) < 4.78 is 10.5. The first-order valence-corrected chi connectivity index (χ1v) is 9.04. The van der Waals surface area contributed by atoms with Crippen molar-refractivity contribution in [1.29, 1.82) is 0 Å². The maximum atomic E-state index is 11.9. The van der Waals surface area contributed by atoms with Gasteiger partial charge in [0.2, 0.25) is 0 Å². The Kier molecular flexibility index (Phi) is 6.89. The molecule has 0 bridgehead atoms. The van der Waals surface area contributed by atoms with Crippen molar-refractivity contribution in [3.05, 3.63) is 54.1 Å². The molecule has 6 heteroatoms. The van der Waals surface area contributed by atoms with Gasteiger partial charge in [0.05, 0.1) is 0 Å². The first kappa shape index (κ1) is 18.9. The van der Waals surface area contributed by atoms with E-state index >= 15 is 0 Å². The van der Waals surface area contributed by atoms with Crippen LogP contribution in [0, 0.1) is 6.92 Å². The van der Waals surface area contributed by atoms with E-state index in [-0.39, 0.29) is 6.61 Å². The van der Waals surface area contributed by atoms with Gasteiger partial charge in [-0.05, 0) is 56.5 Å². The van der Waals surface area contributed by atoms with Crippen molar-refractivity contribution in [1.82, 2.24) is 0 Å². The molecule has 0 aromatic heterocycles. The molecule has 0 radical (unpaired) electrons. The first-order chi connectivity index (χ1) is 12.0. The average Bonchev–Trinajstić information content (AvgIpc) is 2.62. The lowest BCUT2D eigenvalue weighted by Gasteiger charge is -2.14. The summed E-state index contributed by atoms with van der Waals surface area (Å²) in [4.78, 5) is 24.9. The fraction of sp³-hybridized carbons (Fsp3) is 0.263. The van der Waals surface area contributed by atoms with Gasteiger partial charge < -0.3 is 14.8 Å². The maximum Gasteiger partial charge on any atom is 0.347 e. The van der Waals surface area contributed by atoms with E-state index in [1.54, 1.807) is 43.0 Å². The molecule has 1 atom stereocenters. The second-order valence-electron chi connectivity index (χ2n) is 5.46. The summed E-state index contributed by atoms with van der Waals surface area (Å²) in [5, 5.41) is 2.68. The van der Waals surface area contributed by atoms with E-state index in [0.717, 1.165) is 10.5 Å². The van der Waals surface area contributed by atoms with Crippen molar-refractivity contribution in [2.75, 3.05) is 18.2 Å². The van der Waals surface area contributed by atoms with Gasteiger partial charge >= 0.3 is 5.97 Å². The zero-order valence-electron chi connectivity index (χ0n) is 14.4. The van der Waals surface area contributed by atoms with Crippen LogP contribution >= 0.6 is 11.8 Å². The molecule has 0 aliphatic carbocycles. The second kappa shape index (κ2) is 9.13. The minimum absolute atomic E-state index is 0.356. The van der Waals surface area contributed by atoms with E-state index in [1.165, 1.54) is 0 Å². The number of rotatable bonds is 7. The van der Waals surface area contributed by atoms with Crippen molar-refractivity contribution >= 4 is 29.3 Å². The minimum atomic E-state index is -0.795. The quantitative estimate of drug-likeness (QED) is 0.604. The highest BCUT2D eigenvalue weighted by Gasteiger charge is 2.17. The molecule has 2 rings (SSSR count). The van der Waals surface area contributed by atoms with Crippen molar-refractivity contribution in [2.24, 2.45) is 0 Å². The summed E-state index contributed by atoms with van der Waals surface area (Å²) in [6.45, 7) is 3.20. The molecule has 132 valence electrons. The summed E-state index contributed by atoms with van der Waals surface area (Å²) in [6, 6.07) is 14.8. The number of esters is 1. The van der Waals surface area contributed by atoms with E-state index in [1.807, 2.05) is 37.4 Å². The summed E-state index contributed by atoms with van der Waals surface area (Å²) in [6.07, 6.45) is 1.18. The van der Waals surface area contributed by atoms with Gasteiger partial charge in [-0.2, -0.15) is 0 Å². The van der Waals surface area contributed by atoms with Crippen LogP contribution < -0.4 is 10.1 Å². The lowest BCUT2D eigenvalue weighted by molar-refractivity contribution is -0.153. The monoisotopic (exact) mass is 359 g/mol. The number of hydrogen-bond donors (Lipinski definition) is 1. The molecule has 0 fully saturated rings. The molecule has 25 heavy (non-hydrogen) atoms. The molecular weight excluding hydrogens is 338 g/mol. The SMILES string of the molecule is CSc1ccc(NC(=O)COC(=O)C(C)Oc2ccc(C)cc2)cc1. The molecule has 2 aromatic carbocycles. The Hall–Kier alpha value is -2.47. The van der Waals surface area contributed by atoms with Crippen LogP contribution in [0.15, 0.2) is 53.4 Å². The summed E-state index contributed by atoms with van der Waals surface area (Å²) in [7, 11) is 0. The third kappa shape index (κ3) is 6.15. The van der Waals surface area contributed by atoms with Crippen LogP contribution in [-0.2, 0) is 14.3 Å². The van der Waals surface area contributed by atoms with Gasteiger partial charge in [-0.1, -0.05) is 17.7 Å². The number of benzene rings is 2. The summed E-state index contributed by atoms with van der Waals surface area (Å²) in [5.41, 5.74) is 1.76. The van der Waals surface area contributed by atoms with Crippen LogP contribution in [0.25, 0.3) is 0 Å². The molecule has 0 aliphatic rings. The fourth-order valence-corrected chi connectivity index (χ4v) is 2.40. The predicted molar refractivity (Wildman–Crippen MR) is 99.1 cm³/mol. The number of nitrogens with one attached hydrogen (secondary N) is 1. The van der Waals surface area contributed by atoms with Gasteiger partial charge in [-0.3, -0.25) is 4.79 Å². The van der Waals surface area contributed by atoms with Crippen LogP contribution in [0.2, 0.25) is 0 Å². The van der Waals surface area contributed by atoms with Gasteiger partial charge in [0.15, 0.2) is 12.7 Å². The van der Waals surface area contributed by atoms with Crippen LogP contribution in [0.3, 0.4) is 0 Å². The van der Waals surface area contributed by atoms with E-state index in [9.17, 15) is 9.59 Å². The van der Waals surface area contributed by atoms with E-state index in [0.29, 0.717) is 11.4 Å². The number of carbonyl (C=O) groups is 2. The van der Waals surface area contributed by atoms with Gasteiger partial charge in [0, 0.05) is 10.6 Å². The van der Waals surface area contributed by atoms with Crippen molar-refractivity contribution in [3.8, 4) is 5.75 Å². The fourth-order valence-electron chi connectivity index (χ4n) is 1.99. The smallest absolute Gasteiger partial charge is 0.347 e. The molecule has 2 aromatic rings. The Labute approximate surface area is 151 Å². The molecule has 0 spiro atoms. The predicted octanol–water partition coefficient (Wildman–Crippen LogP) is 3.67. The van der Waals surface area contributed by atoms with Gasteiger partial charge in [-0.25, -0.2) is 4.79 Å². The highest BCUT2D eigenvalue weighted by molar-refractivity contribution is 7.98. The summed E-state index contributed by atoms with van der Waals surface area (Å²) >= 11 is 1.62.